The molecule has 2 heterocycles. The zero-order valence-corrected chi connectivity index (χ0v) is 20.7. The number of anilines is 1. The lowest BCUT2D eigenvalue weighted by Crippen LogP contribution is -2.30. The molecule has 1 aromatic heterocycles. The Hall–Kier alpha value is -2.97. The number of carbonyl (C=O) groups is 1. The van der Waals surface area contributed by atoms with Crippen molar-refractivity contribution in [2.75, 3.05) is 12.0 Å². The van der Waals surface area contributed by atoms with Gasteiger partial charge in [-0.3, -0.25) is 14.4 Å². The molecule has 0 bridgehead atoms. The van der Waals surface area contributed by atoms with E-state index in [1.165, 1.54) is 4.90 Å². The summed E-state index contributed by atoms with van der Waals surface area (Å²) >= 11 is 9.01. The minimum Gasteiger partial charge on any atom is -0.496 e. The maximum Gasteiger partial charge on any atom is 0.281 e. The lowest BCUT2D eigenvalue weighted by atomic mass is 10.1. The molecule has 8 heteroatoms. The Balaban J connectivity index is 1.65. The molecular formula is C24H23BrN4O2S. The number of methoxy groups -OCH3 is 1. The van der Waals surface area contributed by atoms with Crippen LogP contribution in [0.15, 0.2) is 52.6 Å². The van der Waals surface area contributed by atoms with Crippen LogP contribution in [0.3, 0.4) is 0 Å². The van der Waals surface area contributed by atoms with Crippen LogP contribution in [0.2, 0.25) is 0 Å². The third-order valence-corrected chi connectivity index (χ3v) is 6.80. The number of hydrogen-bond donors (Lipinski definition) is 1. The molecule has 0 aliphatic carbocycles. The van der Waals surface area contributed by atoms with Crippen LogP contribution in [0.1, 0.15) is 28.1 Å². The minimum atomic E-state index is -0.180. The van der Waals surface area contributed by atoms with Crippen LogP contribution in [0.25, 0.3) is 6.08 Å². The Morgan fingerprint density at radius 3 is 2.62 bits per heavy atom. The summed E-state index contributed by atoms with van der Waals surface area (Å²) in [5, 5.41) is 8.01. The lowest BCUT2D eigenvalue weighted by molar-refractivity contribution is -0.113. The van der Waals surface area contributed by atoms with Crippen LogP contribution in [0.5, 0.6) is 5.75 Å². The summed E-state index contributed by atoms with van der Waals surface area (Å²) in [4.78, 5) is 14.6. The molecule has 2 aromatic carbocycles. The molecule has 0 radical (unpaired) electrons. The zero-order valence-electron chi connectivity index (χ0n) is 18.3. The molecule has 0 unspecified atom stereocenters. The average molecular weight is 511 g/mol. The molecule has 32 heavy (non-hydrogen) atoms. The molecule has 1 aliphatic heterocycles. The van der Waals surface area contributed by atoms with E-state index in [4.69, 9.17) is 17.0 Å². The molecule has 0 spiro atoms. The fourth-order valence-electron chi connectivity index (χ4n) is 3.71. The van der Waals surface area contributed by atoms with Crippen molar-refractivity contribution < 1.29 is 9.53 Å². The van der Waals surface area contributed by atoms with Crippen LogP contribution in [0.4, 0.5) is 5.69 Å². The van der Waals surface area contributed by atoms with Gasteiger partial charge in [-0.05, 0) is 90.4 Å². The third-order valence-electron chi connectivity index (χ3n) is 5.37. The number of ether oxygens (including phenoxy) is 1. The first-order valence-corrected chi connectivity index (χ1v) is 11.3. The molecular weight excluding hydrogens is 488 g/mol. The van der Waals surface area contributed by atoms with E-state index >= 15 is 0 Å². The number of hydrogen-bond acceptors (Lipinski definition) is 4. The SMILES string of the molecule is COc1ccc(/C=C2/NC(=S)N(c3cccc(C)c3)C2=O)cc1Cn1nc(C)c(Br)c1C. The van der Waals surface area contributed by atoms with Crippen molar-refractivity contribution in [2.24, 2.45) is 0 Å². The highest BCUT2D eigenvalue weighted by molar-refractivity contribution is 9.10. The number of nitrogens with zero attached hydrogens (tertiary/aromatic N) is 3. The van der Waals surface area contributed by atoms with Gasteiger partial charge in [-0.1, -0.05) is 18.2 Å². The summed E-state index contributed by atoms with van der Waals surface area (Å²) in [6.45, 7) is 6.52. The van der Waals surface area contributed by atoms with Gasteiger partial charge in [0, 0.05) is 5.56 Å². The molecule has 1 amide bonds. The van der Waals surface area contributed by atoms with Gasteiger partial charge in [0.25, 0.3) is 5.91 Å². The van der Waals surface area contributed by atoms with Gasteiger partial charge in [-0.15, -0.1) is 0 Å². The molecule has 1 fully saturated rings. The van der Waals surface area contributed by atoms with E-state index in [1.54, 1.807) is 7.11 Å². The van der Waals surface area contributed by atoms with Crippen LogP contribution in [-0.4, -0.2) is 27.9 Å². The van der Waals surface area contributed by atoms with Crippen molar-refractivity contribution in [3.8, 4) is 5.75 Å². The molecule has 0 saturated carbocycles. The summed E-state index contributed by atoms with van der Waals surface area (Å²) < 4.78 is 8.49. The van der Waals surface area contributed by atoms with E-state index in [9.17, 15) is 4.79 Å². The Bertz CT molecular complexity index is 1260. The summed E-state index contributed by atoms with van der Waals surface area (Å²) in [5.74, 6) is 0.582. The fraction of sp³-hybridized carbons (Fsp3) is 0.208. The van der Waals surface area contributed by atoms with Gasteiger partial charge in [-0.25, -0.2) is 0 Å². The molecule has 0 atom stereocenters. The average Bonchev–Trinajstić information content (AvgIpc) is 3.17. The Labute approximate surface area is 201 Å². The second-order valence-electron chi connectivity index (χ2n) is 7.68. The fourth-order valence-corrected chi connectivity index (χ4v) is 4.29. The largest absolute Gasteiger partial charge is 0.496 e. The molecule has 1 aliphatic rings. The van der Waals surface area contributed by atoms with Gasteiger partial charge in [0.05, 0.1) is 35.2 Å². The van der Waals surface area contributed by atoms with Crippen molar-refractivity contribution >= 4 is 50.9 Å². The number of aryl methyl sites for hydroxylation is 2. The highest BCUT2D eigenvalue weighted by atomic mass is 79.9. The number of carbonyl (C=O) groups excluding carboxylic acids is 1. The summed E-state index contributed by atoms with van der Waals surface area (Å²) in [6.07, 6.45) is 1.81. The molecule has 4 rings (SSSR count). The van der Waals surface area contributed by atoms with E-state index in [-0.39, 0.29) is 5.91 Å². The number of halogens is 1. The number of nitrogens with one attached hydrogen (secondary N) is 1. The van der Waals surface area contributed by atoms with Gasteiger partial charge in [0.2, 0.25) is 0 Å². The second kappa shape index (κ2) is 8.88. The van der Waals surface area contributed by atoms with Gasteiger partial charge < -0.3 is 10.1 Å². The van der Waals surface area contributed by atoms with Crippen LogP contribution in [-0.2, 0) is 11.3 Å². The van der Waals surface area contributed by atoms with Crippen molar-refractivity contribution in [2.45, 2.75) is 27.3 Å². The number of rotatable bonds is 5. The van der Waals surface area contributed by atoms with Gasteiger partial charge >= 0.3 is 0 Å². The van der Waals surface area contributed by atoms with Gasteiger partial charge in [0.15, 0.2) is 5.11 Å². The predicted octanol–water partition coefficient (Wildman–Crippen LogP) is 4.89. The number of aromatic nitrogens is 2. The monoisotopic (exact) mass is 510 g/mol. The summed E-state index contributed by atoms with van der Waals surface area (Å²) in [6, 6.07) is 13.5. The predicted molar refractivity (Wildman–Crippen MR) is 134 cm³/mol. The van der Waals surface area contributed by atoms with Gasteiger partial charge in [-0.2, -0.15) is 5.10 Å². The Morgan fingerprint density at radius 1 is 1.19 bits per heavy atom. The standard InChI is InChI=1S/C24H23BrN4O2S/c1-14-6-5-7-19(10-14)29-23(30)20(26-24(29)32)12-17-8-9-21(31-4)18(11-17)13-28-16(3)22(25)15(2)27-28/h5-12H,13H2,1-4H3,(H,26,32)/b20-12+. The van der Waals surface area contributed by atoms with Crippen LogP contribution >= 0.6 is 28.1 Å². The zero-order chi connectivity index (χ0) is 23.0. The Kier molecular flexibility index (Phi) is 6.17. The smallest absolute Gasteiger partial charge is 0.281 e. The van der Waals surface area contributed by atoms with E-state index < -0.39 is 0 Å². The molecule has 1 N–H and O–H groups in total. The van der Waals surface area contributed by atoms with E-state index in [0.29, 0.717) is 17.4 Å². The van der Waals surface area contributed by atoms with Crippen LogP contribution in [0, 0.1) is 20.8 Å². The topological polar surface area (TPSA) is 59.4 Å². The normalized spacial score (nSPS) is 14.9. The maximum absolute atomic E-state index is 13.1. The molecule has 164 valence electrons. The highest BCUT2D eigenvalue weighted by Gasteiger charge is 2.32. The Morgan fingerprint density at radius 2 is 1.97 bits per heavy atom. The third kappa shape index (κ3) is 4.20. The minimum absolute atomic E-state index is 0.180. The lowest BCUT2D eigenvalue weighted by Gasteiger charge is -2.14. The van der Waals surface area contributed by atoms with E-state index in [0.717, 1.165) is 44.0 Å². The molecule has 3 aromatic rings. The number of amides is 1. The quantitative estimate of drug-likeness (QED) is 0.391. The summed E-state index contributed by atoms with van der Waals surface area (Å²) in [5.41, 5.74) is 6.05. The first-order valence-electron chi connectivity index (χ1n) is 10.1. The first kappa shape index (κ1) is 22.2. The van der Waals surface area contributed by atoms with Crippen molar-refractivity contribution in [3.05, 3.63) is 80.7 Å². The van der Waals surface area contributed by atoms with Crippen molar-refractivity contribution in [1.82, 2.24) is 15.1 Å². The number of thiocarbonyl (C=S) groups is 1. The van der Waals surface area contributed by atoms with E-state index in [1.807, 2.05) is 74.0 Å². The summed E-state index contributed by atoms with van der Waals surface area (Å²) in [7, 11) is 1.65. The maximum atomic E-state index is 13.1. The van der Waals surface area contributed by atoms with Crippen LogP contribution < -0.4 is 15.0 Å². The first-order chi connectivity index (χ1) is 15.3. The number of benzene rings is 2. The van der Waals surface area contributed by atoms with Crippen molar-refractivity contribution in [3.63, 3.8) is 0 Å². The van der Waals surface area contributed by atoms with E-state index in [2.05, 4.69) is 26.3 Å². The molecule has 1 saturated heterocycles. The second-order valence-corrected chi connectivity index (χ2v) is 8.86. The van der Waals surface area contributed by atoms with Crippen molar-refractivity contribution in [1.29, 1.82) is 0 Å². The highest BCUT2D eigenvalue weighted by Crippen LogP contribution is 2.27. The van der Waals surface area contributed by atoms with Gasteiger partial charge in [0.1, 0.15) is 11.4 Å². The molecule has 6 nitrogen and oxygen atoms in total.